The highest BCUT2D eigenvalue weighted by molar-refractivity contribution is 6.04. The fourth-order valence-electron chi connectivity index (χ4n) is 3.90. The third-order valence-corrected chi connectivity index (χ3v) is 5.47. The number of hydrogen-bond donors (Lipinski definition) is 2. The van der Waals surface area contributed by atoms with Crippen LogP contribution in [-0.2, 0) is 11.3 Å². The van der Waals surface area contributed by atoms with E-state index < -0.39 is 0 Å². The first-order valence-electron chi connectivity index (χ1n) is 10.9. The number of para-hydroxylation sites is 1. The van der Waals surface area contributed by atoms with E-state index in [-0.39, 0.29) is 17.7 Å². The van der Waals surface area contributed by atoms with Gasteiger partial charge in [0.1, 0.15) is 0 Å². The topological polar surface area (TPSA) is 61.4 Å². The quantitative estimate of drug-likeness (QED) is 0.722. The van der Waals surface area contributed by atoms with E-state index in [1.807, 2.05) is 12.1 Å². The van der Waals surface area contributed by atoms with Crippen molar-refractivity contribution < 1.29 is 9.59 Å². The van der Waals surface area contributed by atoms with E-state index in [2.05, 4.69) is 60.6 Å². The van der Waals surface area contributed by atoms with E-state index >= 15 is 0 Å². The van der Waals surface area contributed by atoms with Crippen molar-refractivity contribution in [3.8, 4) is 0 Å². The Balaban J connectivity index is 1.62. The van der Waals surface area contributed by atoms with Crippen molar-refractivity contribution in [3.05, 3.63) is 65.2 Å². The molecule has 1 atom stereocenters. The van der Waals surface area contributed by atoms with Gasteiger partial charge in [0.25, 0.3) is 5.91 Å². The number of aryl methyl sites for hydroxylation is 1. The Morgan fingerprint density at radius 1 is 1.13 bits per heavy atom. The van der Waals surface area contributed by atoms with Crippen molar-refractivity contribution in [1.82, 2.24) is 10.2 Å². The summed E-state index contributed by atoms with van der Waals surface area (Å²) in [6.45, 7) is 9.43. The van der Waals surface area contributed by atoms with Gasteiger partial charge in [0.15, 0.2) is 0 Å². The number of piperidine rings is 1. The molecule has 5 heteroatoms. The molecule has 1 saturated heterocycles. The Morgan fingerprint density at radius 3 is 2.70 bits per heavy atom. The fraction of sp³-hybridized carbons (Fsp3) is 0.440. The SMILES string of the molecule is Cc1cccc(CN2CCCC(C(=O)Nc3ccccc3C(=O)NCC(C)C)C2)c1. The molecule has 5 nitrogen and oxygen atoms in total. The van der Waals surface area contributed by atoms with Crippen LogP contribution in [0.25, 0.3) is 0 Å². The minimum atomic E-state index is -0.149. The lowest BCUT2D eigenvalue weighted by Crippen LogP contribution is -2.40. The van der Waals surface area contributed by atoms with Gasteiger partial charge in [-0.25, -0.2) is 0 Å². The number of carbonyl (C=O) groups is 2. The lowest BCUT2D eigenvalue weighted by Gasteiger charge is -2.32. The predicted molar refractivity (Wildman–Crippen MR) is 121 cm³/mol. The van der Waals surface area contributed by atoms with Crippen LogP contribution in [0.4, 0.5) is 5.69 Å². The molecule has 30 heavy (non-hydrogen) atoms. The van der Waals surface area contributed by atoms with Crippen LogP contribution >= 0.6 is 0 Å². The highest BCUT2D eigenvalue weighted by Gasteiger charge is 2.26. The summed E-state index contributed by atoms with van der Waals surface area (Å²) in [5.41, 5.74) is 3.63. The molecule has 1 aliphatic heterocycles. The highest BCUT2D eigenvalue weighted by atomic mass is 16.2. The maximum atomic E-state index is 13.0. The van der Waals surface area contributed by atoms with Crippen LogP contribution in [0.15, 0.2) is 48.5 Å². The van der Waals surface area contributed by atoms with Gasteiger partial charge in [0.2, 0.25) is 5.91 Å². The first kappa shape index (κ1) is 22.0. The third kappa shape index (κ3) is 6.17. The Kier molecular flexibility index (Phi) is 7.63. The first-order chi connectivity index (χ1) is 14.4. The van der Waals surface area contributed by atoms with Gasteiger partial charge in [-0.15, -0.1) is 0 Å². The Labute approximate surface area is 179 Å². The van der Waals surface area contributed by atoms with Gasteiger partial charge in [0.05, 0.1) is 17.2 Å². The molecule has 1 aliphatic rings. The van der Waals surface area contributed by atoms with Crippen LogP contribution < -0.4 is 10.6 Å². The van der Waals surface area contributed by atoms with Crippen molar-refractivity contribution >= 4 is 17.5 Å². The minimum Gasteiger partial charge on any atom is -0.352 e. The molecule has 1 fully saturated rings. The van der Waals surface area contributed by atoms with Gasteiger partial charge >= 0.3 is 0 Å². The highest BCUT2D eigenvalue weighted by Crippen LogP contribution is 2.22. The van der Waals surface area contributed by atoms with Crippen LogP contribution in [-0.4, -0.2) is 36.3 Å². The number of hydrogen-bond acceptors (Lipinski definition) is 3. The molecule has 3 rings (SSSR count). The van der Waals surface area contributed by atoms with E-state index in [1.54, 1.807) is 12.1 Å². The maximum Gasteiger partial charge on any atom is 0.253 e. The number of nitrogens with zero attached hydrogens (tertiary/aromatic N) is 1. The second-order valence-electron chi connectivity index (χ2n) is 8.70. The van der Waals surface area contributed by atoms with Crippen LogP contribution in [0.5, 0.6) is 0 Å². The van der Waals surface area contributed by atoms with E-state index in [0.29, 0.717) is 23.7 Å². The van der Waals surface area contributed by atoms with Gasteiger partial charge in [-0.2, -0.15) is 0 Å². The number of likely N-dealkylation sites (tertiary alicyclic amines) is 1. The molecule has 0 aliphatic carbocycles. The maximum absolute atomic E-state index is 13.0. The number of carbonyl (C=O) groups excluding carboxylic acids is 2. The number of nitrogens with one attached hydrogen (secondary N) is 2. The summed E-state index contributed by atoms with van der Waals surface area (Å²) in [6, 6.07) is 15.8. The molecular weight excluding hydrogens is 374 g/mol. The van der Waals surface area contributed by atoms with Gasteiger partial charge in [0, 0.05) is 19.6 Å². The number of amides is 2. The third-order valence-electron chi connectivity index (χ3n) is 5.47. The monoisotopic (exact) mass is 407 g/mol. The lowest BCUT2D eigenvalue weighted by atomic mass is 9.96. The smallest absolute Gasteiger partial charge is 0.253 e. The zero-order valence-corrected chi connectivity index (χ0v) is 18.3. The summed E-state index contributed by atoms with van der Waals surface area (Å²) in [5, 5.41) is 5.95. The standard InChI is InChI=1S/C25H33N3O2/c1-18(2)15-26-25(30)22-11-4-5-12-23(22)27-24(29)21-10-7-13-28(17-21)16-20-9-6-8-19(3)14-20/h4-6,8-9,11-12,14,18,21H,7,10,13,15-17H2,1-3H3,(H,26,30)(H,27,29). The second kappa shape index (κ2) is 10.4. The average molecular weight is 408 g/mol. The van der Waals surface area contributed by atoms with Crippen molar-refractivity contribution in [3.63, 3.8) is 0 Å². The number of anilines is 1. The van der Waals surface area contributed by atoms with Gasteiger partial charge in [-0.1, -0.05) is 55.8 Å². The van der Waals surface area contributed by atoms with Crippen molar-refractivity contribution in [2.45, 2.75) is 40.2 Å². The molecule has 1 unspecified atom stereocenters. The molecular formula is C25H33N3O2. The van der Waals surface area contributed by atoms with Crippen LogP contribution in [0, 0.1) is 18.8 Å². The summed E-state index contributed by atoms with van der Waals surface area (Å²) in [4.78, 5) is 27.9. The Bertz CT molecular complexity index is 878. The molecule has 2 aromatic carbocycles. The Morgan fingerprint density at radius 2 is 1.93 bits per heavy atom. The summed E-state index contributed by atoms with van der Waals surface area (Å²) >= 11 is 0. The Hall–Kier alpha value is -2.66. The molecule has 2 amide bonds. The second-order valence-corrected chi connectivity index (χ2v) is 8.70. The molecule has 2 aromatic rings. The van der Waals surface area contributed by atoms with Crippen molar-refractivity contribution in [1.29, 1.82) is 0 Å². The normalized spacial score (nSPS) is 17.0. The lowest BCUT2D eigenvalue weighted by molar-refractivity contribution is -0.121. The summed E-state index contributed by atoms with van der Waals surface area (Å²) in [6.07, 6.45) is 1.87. The minimum absolute atomic E-state index is 0.00643. The van der Waals surface area contributed by atoms with E-state index in [1.165, 1.54) is 11.1 Å². The largest absolute Gasteiger partial charge is 0.352 e. The molecule has 0 bridgehead atoms. The van der Waals surface area contributed by atoms with Gasteiger partial charge in [-0.05, 0) is 49.9 Å². The van der Waals surface area contributed by atoms with Crippen LogP contribution in [0.1, 0.15) is 48.2 Å². The van der Waals surface area contributed by atoms with Gasteiger partial charge < -0.3 is 10.6 Å². The van der Waals surface area contributed by atoms with E-state index in [4.69, 9.17) is 0 Å². The van der Waals surface area contributed by atoms with Gasteiger partial charge in [-0.3, -0.25) is 14.5 Å². The zero-order chi connectivity index (χ0) is 21.5. The molecule has 0 saturated carbocycles. The van der Waals surface area contributed by atoms with E-state index in [9.17, 15) is 9.59 Å². The molecule has 0 radical (unpaired) electrons. The van der Waals surface area contributed by atoms with Crippen molar-refractivity contribution in [2.24, 2.45) is 11.8 Å². The zero-order valence-electron chi connectivity index (χ0n) is 18.3. The predicted octanol–water partition coefficient (Wildman–Crippen LogP) is 4.23. The summed E-state index contributed by atoms with van der Waals surface area (Å²) < 4.78 is 0. The summed E-state index contributed by atoms with van der Waals surface area (Å²) in [7, 11) is 0. The van der Waals surface area contributed by atoms with Crippen LogP contribution in [0.2, 0.25) is 0 Å². The molecule has 160 valence electrons. The van der Waals surface area contributed by atoms with Crippen LogP contribution in [0.3, 0.4) is 0 Å². The molecule has 0 spiro atoms. The molecule has 0 aromatic heterocycles. The first-order valence-corrected chi connectivity index (χ1v) is 10.9. The fourth-order valence-corrected chi connectivity index (χ4v) is 3.90. The molecule has 1 heterocycles. The number of rotatable bonds is 7. The summed E-state index contributed by atoms with van der Waals surface area (Å²) in [5.74, 6) is 0.144. The molecule has 2 N–H and O–H groups in total. The number of benzene rings is 2. The van der Waals surface area contributed by atoms with E-state index in [0.717, 1.165) is 32.5 Å². The average Bonchev–Trinajstić information content (AvgIpc) is 2.72. The van der Waals surface area contributed by atoms with Crippen molar-refractivity contribution in [2.75, 3.05) is 25.0 Å².